The van der Waals surface area contributed by atoms with Gasteiger partial charge in [0.15, 0.2) is 0 Å². The number of methoxy groups -OCH3 is 1. The minimum Gasteiger partial charge on any atom is -0.497 e. The zero-order valence-corrected chi connectivity index (χ0v) is 19.6. The van der Waals surface area contributed by atoms with Crippen molar-refractivity contribution in [2.24, 2.45) is 0 Å². The molecule has 0 saturated carbocycles. The molecule has 0 aliphatic carbocycles. The summed E-state index contributed by atoms with van der Waals surface area (Å²) in [7, 11) is 1.67. The quantitative estimate of drug-likeness (QED) is 0.534. The van der Waals surface area contributed by atoms with Gasteiger partial charge in [-0.2, -0.15) is 0 Å². The average Bonchev–Trinajstić information content (AvgIpc) is 3.53. The van der Waals surface area contributed by atoms with Gasteiger partial charge in [0.2, 0.25) is 0 Å². The normalized spacial score (nSPS) is 17.8. The number of ether oxygens (including phenoxy) is 2. The van der Waals surface area contributed by atoms with Crippen molar-refractivity contribution in [2.75, 3.05) is 20.2 Å². The van der Waals surface area contributed by atoms with E-state index in [1.54, 1.807) is 18.4 Å². The van der Waals surface area contributed by atoms with Crippen LogP contribution in [0.15, 0.2) is 48.5 Å². The van der Waals surface area contributed by atoms with Crippen molar-refractivity contribution < 1.29 is 14.3 Å². The zero-order chi connectivity index (χ0) is 22.6. The molecule has 1 saturated heterocycles. The first-order chi connectivity index (χ1) is 16.2. The monoisotopic (exact) mass is 464 g/mol. The Morgan fingerprint density at radius 1 is 1.09 bits per heavy atom. The second-order valence-corrected chi connectivity index (χ2v) is 9.55. The smallest absolute Gasteiger partial charge is 0.320 e. The van der Waals surface area contributed by atoms with E-state index in [-0.39, 0.29) is 12.1 Å². The van der Waals surface area contributed by atoms with Crippen molar-refractivity contribution in [1.29, 1.82) is 0 Å². The van der Waals surface area contributed by atoms with Crippen LogP contribution in [-0.4, -0.2) is 46.2 Å². The number of amides is 2. The molecule has 2 aliphatic rings. The van der Waals surface area contributed by atoms with Crippen molar-refractivity contribution >= 4 is 17.4 Å². The van der Waals surface area contributed by atoms with Gasteiger partial charge in [0, 0.05) is 19.6 Å². The van der Waals surface area contributed by atoms with E-state index in [2.05, 4.69) is 16.3 Å². The molecule has 1 fully saturated rings. The first-order valence-electron chi connectivity index (χ1n) is 11.4. The van der Waals surface area contributed by atoms with Crippen LogP contribution in [-0.2, 0) is 30.9 Å². The van der Waals surface area contributed by atoms with Gasteiger partial charge in [0.05, 0.1) is 19.8 Å². The fraction of sp³-hybridized carbons (Fsp3) is 0.400. The van der Waals surface area contributed by atoms with Crippen LogP contribution in [0.1, 0.15) is 45.6 Å². The highest BCUT2D eigenvalue weighted by Crippen LogP contribution is 2.35. The van der Waals surface area contributed by atoms with Crippen LogP contribution < -0.4 is 4.74 Å². The van der Waals surface area contributed by atoms with Gasteiger partial charge in [-0.05, 0) is 48.1 Å². The highest BCUT2D eigenvalue weighted by atomic mass is 32.1. The third-order valence-electron chi connectivity index (χ3n) is 6.30. The number of hydrogen-bond donors (Lipinski definition) is 0. The molecule has 0 spiro atoms. The van der Waals surface area contributed by atoms with Gasteiger partial charge in [0.1, 0.15) is 22.4 Å². The lowest BCUT2D eigenvalue weighted by Crippen LogP contribution is -2.45. The number of nitrogens with zero attached hydrogens (tertiary/aromatic N) is 4. The topological polar surface area (TPSA) is 67.8 Å². The van der Waals surface area contributed by atoms with Crippen LogP contribution in [0, 0.1) is 0 Å². The van der Waals surface area contributed by atoms with Crippen molar-refractivity contribution in [2.45, 2.75) is 45.1 Å². The maximum atomic E-state index is 13.4. The Hall–Kier alpha value is -2.97. The van der Waals surface area contributed by atoms with E-state index in [9.17, 15) is 4.79 Å². The van der Waals surface area contributed by atoms with Crippen molar-refractivity contribution in [3.63, 3.8) is 0 Å². The predicted octanol–water partition coefficient (Wildman–Crippen LogP) is 4.58. The van der Waals surface area contributed by atoms with Gasteiger partial charge in [-0.1, -0.05) is 47.7 Å². The minimum absolute atomic E-state index is 0.00965. The van der Waals surface area contributed by atoms with Crippen LogP contribution in [0.5, 0.6) is 5.75 Å². The van der Waals surface area contributed by atoms with Crippen molar-refractivity contribution in [3.8, 4) is 5.75 Å². The van der Waals surface area contributed by atoms with E-state index in [1.807, 2.05) is 52.3 Å². The minimum atomic E-state index is -0.00965. The first-order valence-corrected chi connectivity index (χ1v) is 12.2. The maximum Gasteiger partial charge on any atom is 0.320 e. The Labute approximate surface area is 198 Å². The van der Waals surface area contributed by atoms with E-state index in [0.717, 1.165) is 53.7 Å². The average molecular weight is 465 g/mol. The number of carbonyl (C=O) groups excluding carboxylic acids is 1. The van der Waals surface area contributed by atoms with Gasteiger partial charge >= 0.3 is 6.03 Å². The van der Waals surface area contributed by atoms with Crippen molar-refractivity contribution in [1.82, 2.24) is 20.0 Å². The van der Waals surface area contributed by atoms with Crippen LogP contribution in [0.4, 0.5) is 4.79 Å². The number of carbonyl (C=O) groups is 1. The lowest BCUT2D eigenvalue weighted by Gasteiger charge is -2.34. The number of benzene rings is 2. The van der Waals surface area contributed by atoms with Gasteiger partial charge in [0.25, 0.3) is 0 Å². The van der Waals surface area contributed by atoms with E-state index in [0.29, 0.717) is 19.8 Å². The number of urea groups is 1. The molecule has 5 rings (SSSR count). The van der Waals surface area contributed by atoms with E-state index in [1.165, 1.54) is 11.1 Å². The summed E-state index contributed by atoms with van der Waals surface area (Å²) in [6.45, 7) is 3.08. The summed E-state index contributed by atoms with van der Waals surface area (Å²) in [5.74, 6) is 0.831. The third kappa shape index (κ3) is 4.86. The molecule has 3 aromatic rings. The van der Waals surface area contributed by atoms with Crippen LogP contribution in [0.2, 0.25) is 0 Å². The molecule has 8 heteroatoms. The third-order valence-corrected chi connectivity index (χ3v) is 7.30. The molecule has 7 nitrogen and oxygen atoms in total. The van der Waals surface area contributed by atoms with Crippen LogP contribution in [0.25, 0.3) is 0 Å². The molecule has 172 valence electrons. The number of fused-ring (bicyclic) bond motifs is 1. The SMILES string of the molecule is COc1ccc2c(c1)CN(C(=O)N1CCCC1c1nnc(COCc3ccccc3)s1)CC2. The molecule has 1 unspecified atom stereocenters. The second kappa shape index (κ2) is 9.89. The first kappa shape index (κ1) is 21.9. The largest absolute Gasteiger partial charge is 0.497 e. The summed E-state index contributed by atoms with van der Waals surface area (Å²) in [5.41, 5.74) is 3.59. The Kier molecular flexibility index (Phi) is 6.55. The molecule has 3 heterocycles. The highest BCUT2D eigenvalue weighted by Gasteiger charge is 2.36. The Bertz CT molecular complexity index is 1100. The molecular formula is C25H28N4O3S. The summed E-state index contributed by atoms with van der Waals surface area (Å²) in [6, 6.07) is 16.3. The van der Waals surface area contributed by atoms with Crippen molar-refractivity contribution in [3.05, 3.63) is 75.2 Å². The van der Waals surface area contributed by atoms with Gasteiger partial charge in [-0.3, -0.25) is 0 Å². The molecule has 1 aromatic heterocycles. The standard InChI is InChI=1S/C25H28N4O3S/c1-31-21-10-9-19-11-13-28(15-20(19)14-21)25(30)29-12-5-8-22(29)24-27-26-23(33-24)17-32-16-18-6-3-2-4-7-18/h2-4,6-7,9-10,14,22H,5,8,11-13,15-17H2,1H3. The summed E-state index contributed by atoms with van der Waals surface area (Å²) in [4.78, 5) is 17.4. The fourth-order valence-corrected chi connectivity index (χ4v) is 5.48. The highest BCUT2D eigenvalue weighted by molar-refractivity contribution is 7.11. The Balaban J connectivity index is 1.21. The Morgan fingerprint density at radius 3 is 2.82 bits per heavy atom. The summed E-state index contributed by atoms with van der Waals surface area (Å²) < 4.78 is 11.2. The summed E-state index contributed by atoms with van der Waals surface area (Å²) >= 11 is 1.55. The number of hydrogen-bond acceptors (Lipinski definition) is 6. The van der Waals surface area contributed by atoms with Gasteiger partial charge in [-0.25, -0.2) is 4.79 Å². The predicted molar refractivity (Wildman–Crippen MR) is 126 cm³/mol. The molecule has 33 heavy (non-hydrogen) atoms. The van der Waals surface area contributed by atoms with E-state index >= 15 is 0 Å². The molecule has 0 bridgehead atoms. The molecule has 2 amide bonds. The summed E-state index contributed by atoms with van der Waals surface area (Å²) in [5, 5.41) is 10.5. The number of likely N-dealkylation sites (tertiary alicyclic amines) is 1. The molecule has 2 aromatic carbocycles. The Morgan fingerprint density at radius 2 is 1.97 bits per heavy atom. The second-order valence-electron chi connectivity index (χ2n) is 8.45. The molecule has 1 atom stereocenters. The molecular weight excluding hydrogens is 436 g/mol. The molecule has 2 aliphatic heterocycles. The molecule has 0 radical (unpaired) electrons. The van der Waals surface area contributed by atoms with Crippen LogP contribution >= 0.6 is 11.3 Å². The maximum absolute atomic E-state index is 13.4. The summed E-state index contributed by atoms with van der Waals surface area (Å²) in [6.07, 6.45) is 2.77. The van der Waals surface area contributed by atoms with Gasteiger partial charge < -0.3 is 19.3 Å². The molecule has 0 N–H and O–H groups in total. The van der Waals surface area contributed by atoms with E-state index < -0.39 is 0 Å². The lowest BCUT2D eigenvalue weighted by molar-refractivity contribution is 0.106. The zero-order valence-electron chi connectivity index (χ0n) is 18.8. The van der Waals surface area contributed by atoms with Gasteiger partial charge in [-0.15, -0.1) is 10.2 Å². The number of aromatic nitrogens is 2. The fourth-order valence-electron chi connectivity index (χ4n) is 4.55. The lowest BCUT2D eigenvalue weighted by atomic mass is 9.99. The van der Waals surface area contributed by atoms with E-state index in [4.69, 9.17) is 9.47 Å². The van der Waals surface area contributed by atoms with Crippen LogP contribution in [0.3, 0.4) is 0 Å². The number of rotatable bonds is 6.